The molecule has 0 aliphatic heterocycles. The zero-order valence-corrected chi connectivity index (χ0v) is 18.3. The zero-order valence-electron chi connectivity index (χ0n) is 17.5. The molecule has 1 amide bonds. The van der Waals surface area contributed by atoms with Gasteiger partial charge in [0.2, 0.25) is 0 Å². The summed E-state index contributed by atoms with van der Waals surface area (Å²) in [6, 6.07) is 16.6. The van der Waals surface area contributed by atoms with Crippen LogP contribution in [0.4, 0.5) is 10.1 Å². The van der Waals surface area contributed by atoms with Crippen molar-refractivity contribution in [2.75, 3.05) is 10.8 Å². The number of hydrogen-bond acceptors (Lipinski definition) is 5. The van der Waals surface area contributed by atoms with Crippen LogP contribution in [-0.4, -0.2) is 38.2 Å². The van der Waals surface area contributed by atoms with E-state index < -0.39 is 34.3 Å². The summed E-state index contributed by atoms with van der Waals surface area (Å²) in [5.41, 5.74) is 3.86. The third-order valence-corrected chi connectivity index (χ3v) is 6.36. The molecule has 0 heterocycles. The second-order valence-corrected chi connectivity index (χ2v) is 8.88. The van der Waals surface area contributed by atoms with E-state index in [9.17, 15) is 22.4 Å². The fourth-order valence-electron chi connectivity index (χ4n) is 2.82. The fraction of sp³-hybridized carbons (Fsp3) is 0.0870. The summed E-state index contributed by atoms with van der Waals surface area (Å²) in [6.07, 6.45) is 1.29. The number of sulfonamides is 1. The second-order valence-electron chi connectivity index (χ2n) is 7.02. The number of anilines is 1. The number of carboxylic acids is 1. The second kappa shape index (κ2) is 10.0. The number of carbonyl (C=O) groups is 2. The summed E-state index contributed by atoms with van der Waals surface area (Å²) < 4.78 is 40.7. The predicted molar refractivity (Wildman–Crippen MR) is 121 cm³/mol. The molecule has 0 bridgehead atoms. The molecule has 0 aliphatic rings. The summed E-state index contributed by atoms with van der Waals surface area (Å²) in [7, 11) is -4.13. The quantitative estimate of drug-likeness (QED) is 0.388. The Kier molecular flexibility index (Phi) is 7.19. The maximum atomic E-state index is 13.4. The lowest BCUT2D eigenvalue weighted by atomic mass is 10.1. The average Bonchev–Trinajstić information content (AvgIpc) is 2.79. The van der Waals surface area contributed by atoms with E-state index in [1.807, 2.05) is 6.92 Å². The molecule has 0 atom stereocenters. The molecule has 10 heteroatoms. The molecule has 3 rings (SSSR count). The van der Waals surface area contributed by atoms with Gasteiger partial charge in [-0.2, -0.15) is 5.10 Å². The number of aryl methyl sites for hydroxylation is 1. The number of amides is 1. The van der Waals surface area contributed by atoms with Crippen LogP contribution < -0.4 is 9.73 Å². The van der Waals surface area contributed by atoms with E-state index in [4.69, 9.17) is 5.11 Å². The van der Waals surface area contributed by atoms with Gasteiger partial charge in [0.1, 0.15) is 12.4 Å². The molecule has 0 aliphatic carbocycles. The molecule has 0 saturated carbocycles. The van der Waals surface area contributed by atoms with Gasteiger partial charge in [0.15, 0.2) is 0 Å². The van der Waals surface area contributed by atoms with Gasteiger partial charge in [0.05, 0.1) is 22.4 Å². The van der Waals surface area contributed by atoms with E-state index in [2.05, 4.69) is 10.5 Å². The molecule has 170 valence electrons. The highest BCUT2D eigenvalue weighted by molar-refractivity contribution is 7.92. The highest BCUT2D eigenvalue weighted by atomic mass is 32.2. The Labute approximate surface area is 190 Å². The lowest BCUT2D eigenvalue weighted by Crippen LogP contribution is -2.39. The van der Waals surface area contributed by atoms with Crippen molar-refractivity contribution in [3.63, 3.8) is 0 Å². The predicted octanol–water partition coefficient (Wildman–Crippen LogP) is 3.18. The Morgan fingerprint density at radius 3 is 2.18 bits per heavy atom. The first-order chi connectivity index (χ1) is 15.7. The molecule has 33 heavy (non-hydrogen) atoms. The Balaban J connectivity index is 1.79. The Morgan fingerprint density at radius 1 is 1.00 bits per heavy atom. The van der Waals surface area contributed by atoms with E-state index >= 15 is 0 Å². The van der Waals surface area contributed by atoms with E-state index in [1.165, 1.54) is 54.7 Å². The van der Waals surface area contributed by atoms with Gasteiger partial charge in [-0.05, 0) is 61.0 Å². The van der Waals surface area contributed by atoms with Gasteiger partial charge in [-0.3, -0.25) is 9.10 Å². The van der Waals surface area contributed by atoms with Crippen molar-refractivity contribution < 1.29 is 27.5 Å². The van der Waals surface area contributed by atoms with Crippen LogP contribution in [0.15, 0.2) is 82.8 Å². The van der Waals surface area contributed by atoms with Crippen molar-refractivity contribution in [1.82, 2.24) is 5.43 Å². The summed E-state index contributed by atoms with van der Waals surface area (Å²) in [4.78, 5) is 23.3. The van der Waals surface area contributed by atoms with Crippen LogP contribution in [0.1, 0.15) is 21.5 Å². The van der Waals surface area contributed by atoms with E-state index in [0.717, 1.165) is 22.0 Å². The largest absolute Gasteiger partial charge is 0.478 e. The molecule has 0 fully saturated rings. The summed E-state index contributed by atoms with van der Waals surface area (Å²) >= 11 is 0. The Hall–Kier alpha value is -4.05. The highest BCUT2D eigenvalue weighted by Gasteiger charge is 2.27. The van der Waals surface area contributed by atoms with E-state index in [-0.39, 0.29) is 16.1 Å². The van der Waals surface area contributed by atoms with Crippen molar-refractivity contribution in [3.05, 3.63) is 95.3 Å². The molecule has 3 aromatic rings. The lowest BCUT2D eigenvalue weighted by molar-refractivity contribution is -0.119. The Bertz CT molecular complexity index is 1270. The van der Waals surface area contributed by atoms with Gasteiger partial charge in [0.25, 0.3) is 15.9 Å². The first kappa shape index (κ1) is 23.6. The molecule has 0 radical (unpaired) electrons. The molecule has 0 saturated heterocycles. The monoisotopic (exact) mass is 469 g/mol. The molecular formula is C23H20FN3O5S. The van der Waals surface area contributed by atoms with Crippen LogP contribution in [0.3, 0.4) is 0 Å². The van der Waals surface area contributed by atoms with Crippen molar-refractivity contribution in [1.29, 1.82) is 0 Å². The molecule has 3 aromatic carbocycles. The van der Waals surface area contributed by atoms with Crippen LogP contribution in [0.2, 0.25) is 0 Å². The minimum absolute atomic E-state index is 0.0211. The summed E-state index contributed by atoms with van der Waals surface area (Å²) in [6.45, 7) is 1.21. The van der Waals surface area contributed by atoms with Gasteiger partial charge in [-0.25, -0.2) is 23.0 Å². The molecule has 0 spiro atoms. The number of halogens is 1. The standard InChI is InChI=1S/C23H20FN3O5S/c1-16-2-12-21(13-3-16)33(31,32)27(20-10-8-19(24)9-11-20)15-22(28)26-25-14-17-4-6-18(7-5-17)23(29)30/h2-14H,15H2,1H3,(H,26,28)(H,29,30)/b25-14-. The number of nitrogens with zero attached hydrogens (tertiary/aromatic N) is 2. The van der Waals surface area contributed by atoms with Gasteiger partial charge < -0.3 is 5.11 Å². The molecule has 0 unspecified atom stereocenters. The molecule has 2 N–H and O–H groups in total. The summed E-state index contributed by atoms with van der Waals surface area (Å²) in [5.74, 6) is -2.34. The SMILES string of the molecule is Cc1ccc(S(=O)(=O)N(CC(=O)N/N=C\c2ccc(C(=O)O)cc2)c2ccc(F)cc2)cc1. The minimum Gasteiger partial charge on any atom is -0.478 e. The van der Waals surface area contributed by atoms with Crippen molar-refractivity contribution in [2.24, 2.45) is 5.10 Å². The molecule has 0 aromatic heterocycles. The number of carbonyl (C=O) groups excluding carboxylic acids is 1. The van der Waals surface area contributed by atoms with Crippen LogP contribution in [-0.2, 0) is 14.8 Å². The van der Waals surface area contributed by atoms with Crippen LogP contribution in [0, 0.1) is 12.7 Å². The van der Waals surface area contributed by atoms with E-state index in [1.54, 1.807) is 12.1 Å². The molecule has 8 nitrogen and oxygen atoms in total. The number of carboxylic acid groups (broad SMARTS) is 1. The number of benzene rings is 3. The van der Waals surface area contributed by atoms with Gasteiger partial charge >= 0.3 is 5.97 Å². The first-order valence-corrected chi connectivity index (χ1v) is 11.1. The van der Waals surface area contributed by atoms with Crippen molar-refractivity contribution in [2.45, 2.75) is 11.8 Å². The van der Waals surface area contributed by atoms with E-state index in [0.29, 0.717) is 5.56 Å². The number of aromatic carboxylic acids is 1. The minimum atomic E-state index is -4.13. The smallest absolute Gasteiger partial charge is 0.335 e. The number of hydrazone groups is 1. The van der Waals surface area contributed by atoms with Gasteiger partial charge in [-0.15, -0.1) is 0 Å². The summed E-state index contributed by atoms with van der Waals surface area (Å²) in [5, 5.41) is 12.7. The van der Waals surface area contributed by atoms with Crippen LogP contribution in [0.25, 0.3) is 0 Å². The third kappa shape index (κ3) is 6.01. The van der Waals surface area contributed by atoms with Crippen molar-refractivity contribution >= 4 is 33.8 Å². The lowest BCUT2D eigenvalue weighted by Gasteiger charge is -2.23. The maximum Gasteiger partial charge on any atom is 0.335 e. The Morgan fingerprint density at radius 2 is 1.61 bits per heavy atom. The van der Waals surface area contributed by atoms with Gasteiger partial charge in [-0.1, -0.05) is 29.8 Å². The highest BCUT2D eigenvalue weighted by Crippen LogP contribution is 2.24. The van der Waals surface area contributed by atoms with Gasteiger partial charge in [0, 0.05) is 0 Å². The topological polar surface area (TPSA) is 116 Å². The molecular weight excluding hydrogens is 449 g/mol. The number of hydrogen-bond donors (Lipinski definition) is 2. The maximum absolute atomic E-state index is 13.4. The fourth-order valence-corrected chi connectivity index (χ4v) is 4.24. The van der Waals surface area contributed by atoms with Crippen LogP contribution >= 0.6 is 0 Å². The first-order valence-electron chi connectivity index (χ1n) is 9.67. The average molecular weight is 469 g/mol. The number of nitrogens with one attached hydrogen (secondary N) is 1. The third-order valence-electron chi connectivity index (χ3n) is 4.57. The number of rotatable bonds is 8. The zero-order chi connectivity index (χ0) is 24.0. The van der Waals surface area contributed by atoms with Crippen LogP contribution in [0.5, 0.6) is 0 Å². The normalized spacial score (nSPS) is 11.3. The van der Waals surface area contributed by atoms with Crippen molar-refractivity contribution in [3.8, 4) is 0 Å².